The Morgan fingerprint density at radius 3 is 2.69 bits per heavy atom. The smallest absolute Gasteiger partial charge is 0.276 e. The monoisotopic (exact) mass is 448 g/mol. The van der Waals surface area contributed by atoms with Gasteiger partial charge in [0.15, 0.2) is 0 Å². The summed E-state index contributed by atoms with van der Waals surface area (Å²) in [5.41, 5.74) is 4.05. The number of aromatic nitrogens is 3. The summed E-state index contributed by atoms with van der Waals surface area (Å²) in [6, 6.07) is 7.51. The van der Waals surface area contributed by atoms with Crippen LogP contribution in [-0.4, -0.2) is 47.9 Å². The van der Waals surface area contributed by atoms with Crippen molar-refractivity contribution in [2.45, 2.75) is 25.7 Å². The van der Waals surface area contributed by atoms with Gasteiger partial charge in [-0.2, -0.15) is 0 Å². The van der Waals surface area contributed by atoms with Crippen molar-refractivity contribution >= 4 is 37.6 Å². The van der Waals surface area contributed by atoms with Gasteiger partial charge in [0.25, 0.3) is 5.56 Å². The maximum Gasteiger partial charge on any atom is 0.276 e. The molecule has 0 bridgehead atoms. The molecule has 1 aromatic carbocycles. The van der Waals surface area contributed by atoms with Crippen LogP contribution in [0.3, 0.4) is 0 Å². The van der Waals surface area contributed by atoms with Crippen LogP contribution in [0, 0.1) is 0 Å². The third-order valence-electron chi connectivity index (χ3n) is 6.48. The first kappa shape index (κ1) is 19.7. The van der Waals surface area contributed by atoms with E-state index in [4.69, 9.17) is 19.4 Å². The highest BCUT2D eigenvalue weighted by Gasteiger charge is 2.26. The first-order chi connectivity index (χ1) is 15.8. The average molecular weight is 449 g/mol. The first-order valence-electron chi connectivity index (χ1n) is 11.1. The fourth-order valence-electron chi connectivity index (χ4n) is 4.94. The highest BCUT2D eigenvalue weighted by molar-refractivity contribution is 7.25. The van der Waals surface area contributed by atoms with Crippen LogP contribution in [0.15, 0.2) is 35.4 Å². The molecule has 0 amide bonds. The minimum atomic E-state index is -0.0834. The molecule has 4 heterocycles. The minimum Gasteiger partial charge on any atom is -0.495 e. The number of aryl methyl sites for hydroxylation is 1. The van der Waals surface area contributed by atoms with Gasteiger partial charge in [0.1, 0.15) is 27.4 Å². The van der Waals surface area contributed by atoms with Crippen LogP contribution in [0.4, 0.5) is 5.82 Å². The summed E-state index contributed by atoms with van der Waals surface area (Å²) >= 11 is 1.46. The molecule has 3 aromatic heterocycles. The molecule has 7 nitrogen and oxygen atoms in total. The Kier molecular flexibility index (Phi) is 4.84. The van der Waals surface area contributed by atoms with Gasteiger partial charge in [-0.15, -0.1) is 11.3 Å². The maximum absolute atomic E-state index is 13.5. The van der Waals surface area contributed by atoms with E-state index in [1.165, 1.54) is 28.9 Å². The zero-order valence-corrected chi connectivity index (χ0v) is 18.8. The van der Waals surface area contributed by atoms with E-state index in [2.05, 4.69) is 4.90 Å². The third kappa shape index (κ3) is 3.01. The molecule has 6 rings (SSSR count). The van der Waals surface area contributed by atoms with E-state index in [1.807, 2.05) is 24.3 Å². The van der Waals surface area contributed by atoms with Crippen LogP contribution in [0.5, 0.6) is 5.75 Å². The van der Waals surface area contributed by atoms with Crippen molar-refractivity contribution in [2.24, 2.45) is 0 Å². The van der Waals surface area contributed by atoms with Gasteiger partial charge in [-0.05, 0) is 48.9 Å². The van der Waals surface area contributed by atoms with Crippen LogP contribution in [0.1, 0.15) is 24.0 Å². The third-order valence-corrected chi connectivity index (χ3v) is 7.54. The minimum absolute atomic E-state index is 0.0834. The Morgan fingerprint density at radius 1 is 1.09 bits per heavy atom. The molecule has 2 aliphatic rings. The number of anilines is 1. The van der Waals surface area contributed by atoms with Crippen molar-refractivity contribution in [1.29, 1.82) is 0 Å². The Bertz CT molecular complexity index is 1390. The van der Waals surface area contributed by atoms with Crippen molar-refractivity contribution in [3.63, 3.8) is 0 Å². The number of para-hydroxylation sites is 2. The van der Waals surface area contributed by atoms with Gasteiger partial charge in [0, 0.05) is 18.5 Å². The Hall–Kier alpha value is -2.97. The van der Waals surface area contributed by atoms with E-state index >= 15 is 0 Å². The SMILES string of the molecule is COc1ccccc1-n1cnc2c(sc3nc(N4CCOCC4)c4c(c32)CCCC4)c1=O. The van der Waals surface area contributed by atoms with Gasteiger partial charge < -0.3 is 14.4 Å². The Balaban J connectivity index is 1.60. The lowest BCUT2D eigenvalue weighted by atomic mass is 9.90. The van der Waals surface area contributed by atoms with E-state index in [9.17, 15) is 4.79 Å². The van der Waals surface area contributed by atoms with Gasteiger partial charge in [0.2, 0.25) is 0 Å². The number of methoxy groups -OCH3 is 1. The van der Waals surface area contributed by atoms with E-state index in [-0.39, 0.29) is 5.56 Å². The van der Waals surface area contributed by atoms with E-state index < -0.39 is 0 Å². The molecule has 0 spiro atoms. The molecular formula is C24H24N4O3S. The second kappa shape index (κ2) is 7.86. The fourth-order valence-corrected chi connectivity index (χ4v) is 6.02. The zero-order valence-electron chi connectivity index (χ0n) is 18.0. The number of hydrogen-bond donors (Lipinski definition) is 0. The molecular weight excluding hydrogens is 424 g/mol. The lowest BCUT2D eigenvalue weighted by Gasteiger charge is -2.31. The summed E-state index contributed by atoms with van der Waals surface area (Å²) in [6.45, 7) is 3.17. The van der Waals surface area contributed by atoms with Crippen molar-refractivity contribution in [3.05, 3.63) is 52.1 Å². The molecule has 1 saturated heterocycles. The van der Waals surface area contributed by atoms with Crippen molar-refractivity contribution < 1.29 is 9.47 Å². The van der Waals surface area contributed by atoms with Gasteiger partial charge in [-0.3, -0.25) is 9.36 Å². The second-order valence-electron chi connectivity index (χ2n) is 8.25. The molecule has 0 unspecified atom stereocenters. The summed E-state index contributed by atoms with van der Waals surface area (Å²) in [7, 11) is 1.61. The Morgan fingerprint density at radius 2 is 1.88 bits per heavy atom. The van der Waals surface area contributed by atoms with E-state index in [0.717, 1.165) is 67.1 Å². The number of morpholine rings is 1. The number of ether oxygens (including phenoxy) is 2. The molecule has 1 aliphatic heterocycles. The van der Waals surface area contributed by atoms with E-state index in [0.29, 0.717) is 16.1 Å². The Labute approximate surface area is 189 Å². The summed E-state index contributed by atoms with van der Waals surface area (Å²) in [4.78, 5) is 26.7. The lowest BCUT2D eigenvalue weighted by molar-refractivity contribution is 0.122. The standard InChI is InChI=1S/C24H24N4O3S/c1-30-18-9-5-4-8-17(18)28-14-25-20-19-15-6-2-3-7-16(15)22(27-10-12-31-13-11-27)26-23(19)32-21(20)24(28)29/h4-5,8-9,14H,2-3,6-7,10-13H2,1H3. The molecule has 0 radical (unpaired) electrons. The van der Waals surface area contributed by atoms with Crippen LogP contribution in [0.2, 0.25) is 0 Å². The number of hydrogen-bond acceptors (Lipinski definition) is 7. The number of benzene rings is 1. The molecule has 4 aromatic rings. The van der Waals surface area contributed by atoms with Crippen molar-refractivity contribution in [1.82, 2.24) is 14.5 Å². The molecule has 164 valence electrons. The second-order valence-corrected chi connectivity index (χ2v) is 9.25. The van der Waals surface area contributed by atoms with Gasteiger partial charge in [-0.25, -0.2) is 9.97 Å². The fraction of sp³-hybridized carbons (Fsp3) is 0.375. The molecule has 32 heavy (non-hydrogen) atoms. The van der Waals surface area contributed by atoms with Gasteiger partial charge in [-0.1, -0.05) is 12.1 Å². The van der Waals surface area contributed by atoms with Crippen molar-refractivity contribution in [3.8, 4) is 11.4 Å². The molecule has 0 N–H and O–H groups in total. The zero-order chi connectivity index (χ0) is 21.7. The van der Waals surface area contributed by atoms with Crippen LogP contribution < -0.4 is 15.2 Å². The molecule has 8 heteroatoms. The molecule has 0 saturated carbocycles. The highest BCUT2D eigenvalue weighted by Crippen LogP contribution is 2.40. The molecule has 1 aliphatic carbocycles. The summed E-state index contributed by atoms with van der Waals surface area (Å²) < 4.78 is 13.3. The predicted molar refractivity (Wildman–Crippen MR) is 127 cm³/mol. The largest absolute Gasteiger partial charge is 0.495 e. The van der Waals surface area contributed by atoms with E-state index in [1.54, 1.807) is 18.0 Å². The molecule has 1 fully saturated rings. The number of pyridine rings is 1. The lowest BCUT2D eigenvalue weighted by Crippen LogP contribution is -2.37. The quantitative estimate of drug-likeness (QED) is 0.476. The van der Waals surface area contributed by atoms with Crippen LogP contribution in [-0.2, 0) is 17.6 Å². The number of rotatable bonds is 3. The van der Waals surface area contributed by atoms with Gasteiger partial charge >= 0.3 is 0 Å². The average Bonchev–Trinajstić information content (AvgIpc) is 3.24. The number of fused-ring (bicyclic) bond motifs is 5. The topological polar surface area (TPSA) is 69.5 Å². The summed E-state index contributed by atoms with van der Waals surface area (Å²) in [6.07, 6.45) is 5.99. The normalized spacial score (nSPS) is 16.5. The first-order valence-corrected chi connectivity index (χ1v) is 11.9. The predicted octanol–water partition coefficient (Wildman–Crippen LogP) is 3.72. The maximum atomic E-state index is 13.5. The molecule has 0 atom stereocenters. The highest BCUT2D eigenvalue weighted by atomic mass is 32.1. The van der Waals surface area contributed by atoms with Gasteiger partial charge in [0.05, 0.1) is 31.5 Å². The number of nitrogens with zero attached hydrogens (tertiary/aromatic N) is 4. The van der Waals surface area contributed by atoms with Crippen LogP contribution >= 0.6 is 11.3 Å². The van der Waals surface area contributed by atoms with Crippen LogP contribution in [0.25, 0.3) is 26.1 Å². The summed E-state index contributed by atoms with van der Waals surface area (Å²) in [5, 5.41) is 1.07. The number of thiophene rings is 1. The summed E-state index contributed by atoms with van der Waals surface area (Å²) in [5.74, 6) is 1.72. The van der Waals surface area contributed by atoms with Crippen molar-refractivity contribution in [2.75, 3.05) is 38.3 Å².